The van der Waals surface area contributed by atoms with E-state index < -0.39 is 11.6 Å². The van der Waals surface area contributed by atoms with E-state index in [1.54, 1.807) is 6.07 Å². The number of nitrogens with two attached hydrogens (primary N) is 1. The van der Waals surface area contributed by atoms with Crippen LogP contribution in [0.1, 0.15) is 0 Å². The number of aromatic hydroxyl groups is 1. The molecule has 0 atom stereocenters. The van der Waals surface area contributed by atoms with Crippen LogP contribution in [-0.2, 0) is 0 Å². The molecule has 0 spiro atoms. The Bertz CT molecular complexity index is 518. The van der Waals surface area contributed by atoms with E-state index in [0.29, 0.717) is 17.2 Å². The Morgan fingerprint density at radius 3 is 2.81 bits per heavy atom. The largest absolute Gasteiger partial charge is 0.505 e. The van der Waals surface area contributed by atoms with Gasteiger partial charge in [0.1, 0.15) is 5.82 Å². The average Bonchev–Trinajstić information content (AvgIpc) is 2.33. The molecule has 0 aliphatic rings. The fourth-order valence-electron chi connectivity index (χ4n) is 1.22. The minimum Gasteiger partial charge on any atom is -0.505 e. The predicted molar refractivity (Wildman–Crippen MR) is 56.9 cm³/mol. The Kier molecular flexibility index (Phi) is 2.65. The standard InChI is InChI=1S/C10H9FN4O/c11-7-5-6(1-2-8(7)16)10-13-4-3-9(14-10)15-12/h1-5,16H,12H2,(H,13,14,15). The van der Waals surface area contributed by atoms with Gasteiger partial charge in [-0.15, -0.1) is 0 Å². The number of hydrazine groups is 1. The minimum absolute atomic E-state index is 0.328. The zero-order valence-corrected chi connectivity index (χ0v) is 8.18. The van der Waals surface area contributed by atoms with Crippen LogP contribution < -0.4 is 11.3 Å². The van der Waals surface area contributed by atoms with Crippen molar-refractivity contribution in [3.05, 3.63) is 36.3 Å². The van der Waals surface area contributed by atoms with E-state index in [1.165, 1.54) is 18.3 Å². The van der Waals surface area contributed by atoms with Crippen molar-refractivity contribution in [2.24, 2.45) is 5.84 Å². The molecule has 1 aromatic heterocycles. The second kappa shape index (κ2) is 4.11. The van der Waals surface area contributed by atoms with Gasteiger partial charge in [0.05, 0.1) is 0 Å². The Morgan fingerprint density at radius 1 is 1.31 bits per heavy atom. The molecule has 2 aromatic rings. The first-order valence-electron chi connectivity index (χ1n) is 4.49. The summed E-state index contributed by atoms with van der Waals surface area (Å²) in [6.45, 7) is 0. The van der Waals surface area contributed by atoms with E-state index in [4.69, 9.17) is 10.9 Å². The molecular weight excluding hydrogens is 211 g/mol. The Morgan fingerprint density at radius 2 is 2.12 bits per heavy atom. The fourth-order valence-corrected chi connectivity index (χ4v) is 1.22. The molecule has 1 aromatic carbocycles. The third kappa shape index (κ3) is 1.91. The van der Waals surface area contributed by atoms with Crippen LogP contribution in [0, 0.1) is 5.82 Å². The normalized spacial score (nSPS) is 10.1. The molecule has 6 heteroatoms. The SMILES string of the molecule is NNc1ccnc(-c2ccc(O)c(F)c2)n1. The first-order valence-corrected chi connectivity index (χ1v) is 4.49. The van der Waals surface area contributed by atoms with Gasteiger partial charge in [-0.25, -0.2) is 20.2 Å². The summed E-state index contributed by atoms with van der Waals surface area (Å²) in [4.78, 5) is 8.01. The van der Waals surface area contributed by atoms with Crippen molar-refractivity contribution in [1.82, 2.24) is 9.97 Å². The first kappa shape index (κ1) is 10.3. The lowest BCUT2D eigenvalue weighted by Gasteiger charge is -2.03. The number of phenols is 1. The molecule has 16 heavy (non-hydrogen) atoms. The number of nitrogens with zero attached hydrogens (tertiary/aromatic N) is 2. The topological polar surface area (TPSA) is 84.1 Å². The number of aromatic nitrogens is 2. The Labute approximate surface area is 90.7 Å². The molecule has 0 amide bonds. The summed E-state index contributed by atoms with van der Waals surface area (Å²) in [5.74, 6) is 4.83. The van der Waals surface area contributed by atoms with E-state index in [2.05, 4.69) is 15.4 Å². The number of benzene rings is 1. The van der Waals surface area contributed by atoms with Gasteiger partial charge in [0.15, 0.2) is 17.4 Å². The van der Waals surface area contributed by atoms with Crippen LogP contribution in [0.25, 0.3) is 11.4 Å². The van der Waals surface area contributed by atoms with Gasteiger partial charge in [0, 0.05) is 17.8 Å². The number of rotatable bonds is 2. The van der Waals surface area contributed by atoms with E-state index in [1.807, 2.05) is 0 Å². The Hall–Kier alpha value is -2.21. The molecule has 5 nitrogen and oxygen atoms in total. The molecule has 0 saturated heterocycles. The third-order valence-corrected chi connectivity index (χ3v) is 2.01. The highest BCUT2D eigenvalue weighted by molar-refractivity contribution is 5.58. The highest BCUT2D eigenvalue weighted by Gasteiger charge is 2.06. The summed E-state index contributed by atoms with van der Waals surface area (Å²) in [5, 5.41) is 9.04. The fraction of sp³-hybridized carbons (Fsp3) is 0. The van der Waals surface area contributed by atoms with Crippen molar-refractivity contribution >= 4 is 5.82 Å². The van der Waals surface area contributed by atoms with Crippen LogP contribution in [0.15, 0.2) is 30.5 Å². The lowest BCUT2D eigenvalue weighted by molar-refractivity contribution is 0.432. The van der Waals surface area contributed by atoms with Crippen molar-refractivity contribution in [2.75, 3.05) is 5.43 Å². The Balaban J connectivity index is 2.46. The predicted octanol–water partition coefficient (Wildman–Crippen LogP) is 1.27. The quantitative estimate of drug-likeness (QED) is 0.524. The van der Waals surface area contributed by atoms with Crippen LogP contribution in [0.5, 0.6) is 5.75 Å². The van der Waals surface area contributed by atoms with Crippen molar-refractivity contribution in [2.45, 2.75) is 0 Å². The number of anilines is 1. The van der Waals surface area contributed by atoms with Crippen LogP contribution in [0.2, 0.25) is 0 Å². The number of hydrogen-bond donors (Lipinski definition) is 3. The molecule has 1 heterocycles. The summed E-state index contributed by atoms with van der Waals surface area (Å²) < 4.78 is 13.1. The highest BCUT2D eigenvalue weighted by atomic mass is 19.1. The summed E-state index contributed by atoms with van der Waals surface area (Å²) in [6, 6.07) is 5.51. The van der Waals surface area contributed by atoms with Crippen LogP contribution in [-0.4, -0.2) is 15.1 Å². The summed E-state index contributed by atoms with van der Waals surface area (Å²) >= 11 is 0. The molecule has 0 saturated carbocycles. The monoisotopic (exact) mass is 220 g/mol. The summed E-state index contributed by atoms with van der Waals surface area (Å²) in [7, 11) is 0. The van der Waals surface area contributed by atoms with Gasteiger partial charge < -0.3 is 10.5 Å². The molecule has 0 aliphatic heterocycles. The molecule has 0 aliphatic carbocycles. The first-order chi connectivity index (χ1) is 7.70. The number of phenolic OH excluding ortho intramolecular Hbond substituents is 1. The number of hydrogen-bond acceptors (Lipinski definition) is 5. The lowest BCUT2D eigenvalue weighted by atomic mass is 10.2. The third-order valence-electron chi connectivity index (χ3n) is 2.01. The van der Waals surface area contributed by atoms with Gasteiger partial charge in [-0.1, -0.05) is 0 Å². The van der Waals surface area contributed by atoms with E-state index in [-0.39, 0.29) is 0 Å². The second-order valence-corrected chi connectivity index (χ2v) is 3.08. The van der Waals surface area contributed by atoms with Gasteiger partial charge >= 0.3 is 0 Å². The van der Waals surface area contributed by atoms with Crippen molar-refractivity contribution in [3.8, 4) is 17.1 Å². The van der Waals surface area contributed by atoms with E-state index >= 15 is 0 Å². The number of nitrogens with one attached hydrogen (secondary N) is 1. The maximum atomic E-state index is 13.1. The smallest absolute Gasteiger partial charge is 0.165 e. The van der Waals surface area contributed by atoms with Crippen molar-refractivity contribution in [3.63, 3.8) is 0 Å². The molecule has 0 bridgehead atoms. The van der Waals surface area contributed by atoms with E-state index in [0.717, 1.165) is 6.07 Å². The van der Waals surface area contributed by atoms with Gasteiger partial charge in [0.25, 0.3) is 0 Å². The van der Waals surface area contributed by atoms with Crippen LogP contribution >= 0.6 is 0 Å². The highest BCUT2D eigenvalue weighted by Crippen LogP contribution is 2.22. The second-order valence-electron chi connectivity index (χ2n) is 3.08. The molecule has 0 fully saturated rings. The summed E-state index contributed by atoms with van der Waals surface area (Å²) in [5.41, 5.74) is 2.83. The van der Waals surface area contributed by atoms with Crippen LogP contribution in [0.4, 0.5) is 10.2 Å². The van der Waals surface area contributed by atoms with E-state index in [9.17, 15) is 4.39 Å². The average molecular weight is 220 g/mol. The van der Waals surface area contributed by atoms with Gasteiger partial charge in [0.2, 0.25) is 0 Å². The molecule has 0 unspecified atom stereocenters. The minimum atomic E-state index is -0.716. The van der Waals surface area contributed by atoms with Crippen molar-refractivity contribution < 1.29 is 9.50 Å². The number of nitrogen functional groups attached to an aromatic ring is 1. The van der Waals surface area contributed by atoms with Gasteiger partial charge in [-0.3, -0.25) is 0 Å². The molecule has 82 valence electrons. The molecular formula is C10H9FN4O. The molecule has 2 rings (SSSR count). The maximum Gasteiger partial charge on any atom is 0.165 e. The molecule has 0 radical (unpaired) electrons. The maximum absolute atomic E-state index is 13.1. The number of halogens is 1. The van der Waals surface area contributed by atoms with Crippen LogP contribution in [0.3, 0.4) is 0 Å². The lowest BCUT2D eigenvalue weighted by Crippen LogP contribution is -2.09. The zero-order valence-electron chi connectivity index (χ0n) is 8.18. The van der Waals surface area contributed by atoms with Crippen molar-refractivity contribution in [1.29, 1.82) is 0 Å². The van der Waals surface area contributed by atoms with Gasteiger partial charge in [-0.05, 0) is 18.2 Å². The summed E-state index contributed by atoms with van der Waals surface area (Å²) in [6.07, 6.45) is 1.50. The molecule has 4 N–H and O–H groups in total. The van der Waals surface area contributed by atoms with Gasteiger partial charge in [-0.2, -0.15) is 0 Å². The zero-order chi connectivity index (χ0) is 11.5.